The number of rotatable bonds is 8. The number of halogens is 2. The molecule has 0 aliphatic rings. The normalized spacial score (nSPS) is 11.1. The van der Waals surface area contributed by atoms with E-state index in [1.54, 1.807) is 23.9 Å². The first-order valence-electron chi connectivity index (χ1n) is 10.5. The molecule has 0 aromatic heterocycles. The van der Waals surface area contributed by atoms with Gasteiger partial charge in [-0.2, -0.15) is 0 Å². The fraction of sp³-hybridized carbons (Fsp3) is 0.0385. The topological polar surface area (TPSA) is 75.3 Å². The lowest BCUT2D eigenvalue weighted by molar-refractivity contribution is 0.102. The average molecular weight is 543 g/mol. The van der Waals surface area contributed by atoms with Crippen molar-refractivity contribution in [2.45, 2.75) is 15.5 Å². The van der Waals surface area contributed by atoms with Crippen molar-refractivity contribution >= 4 is 62.3 Å². The second-order valence-electron chi connectivity index (χ2n) is 7.48. The molecule has 0 heterocycles. The molecule has 2 N–H and O–H groups in total. The number of benzene rings is 4. The number of hydrogen-bond acceptors (Lipinski definition) is 4. The number of hydrogen-bond donors (Lipinski definition) is 2. The Morgan fingerprint density at radius 3 is 2.23 bits per heavy atom. The van der Waals surface area contributed by atoms with Crippen LogP contribution in [0.4, 0.5) is 11.4 Å². The van der Waals surface area contributed by atoms with Crippen LogP contribution in [0.25, 0.3) is 0 Å². The van der Waals surface area contributed by atoms with E-state index in [1.165, 1.54) is 36.4 Å². The minimum Gasteiger partial charge on any atom is -0.322 e. The van der Waals surface area contributed by atoms with Gasteiger partial charge >= 0.3 is 0 Å². The van der Waals surface area contributed by atoms with Crippen molar-refractivity contribution in [1.82, 2.24) is 0 Å². The summed E-state index contributed by atoms with van der Waals surface area (Å²) in [5.41, 5.74) is 2.40. The quantitative estimate of drug-likeness (QED) is 0.228. The first-order chi connectivity index (χ1) is 16.8. The molecule has 0 atom stereocenters. The van der Waals surface area contributed by atoms with Crippen molar-refractivity contribution in [1.29, 1.82) is 0 Å². The van der Waals surface area contributed by atoms with Gasteiger partial charge in [0.2, 0.25) is 0 Å². The summed E-state index contributed by atoms with van der Waals surface area (Å²) >= 11 is 13.5. The van der Waals surface area contributed by atoms with Crippen molar-refractivity contribution in [3.05, 3.63) is 118 Å². The maximum Gasteiger partial charge on any atom is 0.261 e. The number of amides is 1. The number of anilines is 2. The van der Waals surface area contributed by atoms with Crippen LogP contribution in [-0.2, 0) is 15.8 Å². The Balaban J connectivity index is 1.45. The zero-order chi connectivity index (χ0) is 24.8. The van der Waals surface area contributed by atoms with E-state index < -0.39 is 10.0 Å². The van der Waals surface area contributed by atoms with Gasteiger partial charge in [-0.25, -0.2) is 8.42 Å². The number of carbonyl (C=O) groups is 1. The van der Waals surface area contributed by atoms with Crippen LogP contribution in [0, 0.1) is 0 Å². The van der Waals surface area contributed by atoms with Crippen molar-refractivity contribution in [2.24, 2.45) is 0 Å². The predicted octanol–water partition coefficient (Wildman–Crippen LogP) is 7.34. The van der Waals surface area contributed by atoms with E-state index >= 15 is 0 Å². The SMILES string of the molecule is O=C(Nc1ccc(S(=O)(=O)Nc2ccc(Cl)cc2Cl)cc1)c1ccccc1SCc1ccccc1. The Kier molecular flexibility index (Phi) is 8.03. The van der Waals surface area contributed by atoms with Gasteiger partial charge in [0, 0.05) is 21.4 Å². The Hall–Kier alpha value is -2.97. The highest BCUT2D eigenvalue weighted by Crippen LogP contribution is 2.29. The molecule has 4 aromatic rings. The highest BCUT2D eigenvalue weighted by Gasteiger charge is 2.17. The molecule has 0 unspecified atom stereocenters. The van der Waals surface area contributed by atoms with Crippen molar-refractivity contribution in [2.75, 3.05) is 10.0 Å². The predicted molar refractivity (Wildman–Crippen MR) is 144 cm³/mol. The zero-order valence-electron chi connectivity index (χ0n) is 18.2. The summed E-state index contributed by atoms with van der Waals surface area (Å²) in [6.07, 6.45) is 0. The van der Waals surface area contributed by atoms with Crippen LogP contribution >= 0.6 is 35.0 Å². The first kappa shape index (κ1) is 25.1. The molecule has 1 amide bonds. The lowest BCUT2D eigenvalue weighted by Crippen LogP contribution is -2.15. The standard InChI is InChI=1S/C26H20Cl2N2O3S2/c27-19-10-15-24(23(28)16-19)30-35(32,33)21-13-11-20(12-14-21)29-26(31)22-8-4-5-9-25(22)34-17-18-6-2-1-3-7-18/h1-16,30H,17H2,(H,29,31). The summed E-state index contributed by atoms with van der Waals surface area (Å²) in [5.74, 6) is 0.463. The molecule has 35 heavy (non-hydrogen) atoms. The monoisotopic (exact) mass is 542 g/mol. The zero-order valence-corrected chi connectivity index (χ0v) is 21.4. The Morgan fingerprint density at radius 1 is 0.829 bits per heavy atom. The van der Waals surface area contributed by atoms with Gasteiger partial charge in [0.1, 0.15) is 0 Å². The van der Waals surface area contributed by atoms with Crippen LogP contribution in [0.1, 0.15) is 15.9 Å². The molecule has 0 spiro atoms. The van der Waals surface area contributed by atoms with Gasteiger partial charge in [0.15, 0.2) is 0 Å². The number of sulfonamides is 1. The molecule has 4 aromatic carbocycles. The third kappa shape index (κ3) is 6.58. The maximum atomic E-state index is 13.0. The van der Waals surface area contributed by atoms with Crippen LogP contribution in [0.3, 0.4) is 0 Å². The van der Waals surface area contributed by atoms with Gasteiger partial charge in [-0.3, -0.25) is 9.52 Å². The number of thioether (sulfide) groups is 1. The summed E-state index contributed by atoms with van der Waals surface area (Å²) in [4.78, 5) is 13.8. The molecule has 9 heteroatoms. The number of carbonyl (C=O) groups excluding carboxylic acids is 1. The van der Waals surface area contributed by atoms with Crippen LogP contribution in [0.2, 0.25) is 10.0 Å². The van der Waals surface area contributed by atoms with E-state index in [0.29, 0.717) is 16.3 Å². The lowest BCUT2D eigenvalue weighted by Gasteiger charge is -2.12. The maximum absolute atomic E-state index is 13.0. The highest BCUT2D eigenvalue weighted by atomic mass is 35.5. The molecule has 0 saturated carbocycles. The minimum atomic E-state index is -3.88. The van der Waals surface area contributed by atoms with Gasteiger partial charge in [0.25, 0.3) is 15.9 Å². The third-order valence-electron chi connectivity index (χ3n) is 4.97. The smallest absolute Gasteiger partial charge is 0.261 e. The fourth-order valence-electron chi connectivity index (χ4n) is 3.21. The van der Waals surface area contributed by atoms with E-state index in [4.69, 9.17) is 23.2 Å². The largest absolute Gasteiger partial charge is 0.322 e. The Bertz CT molecular complexity index is 1450. The first-order valence-corrected chi connectivity index (χ1v) is 13.7. The fourth-order valence-corrected chi connectivity index (χ4v) is 5.80. The second kappa shape index (κ2) is 11.2. The van der Waals surface area contributed by atoms with E-state index in [-0.39, 0.29) is 21.5 Å². The highest BCUT2D eigenvalue weighted by molar-refractivity contribution is 7.98. The minimum absolute atomic E-state index is 0.0281. The molecule has 5 nitrogen and oxygen atoms in total. The summed E-state index contributed by atoms with van der Waals surface area (Å²) in [6.45, 7) is 0. The summed E-state index contributed by atoms with van der Waals surface area (Å²) in [7, 11) is -3.88. The Morgan fingerprint density at radius 2 is 1.51 bits per heavy atom. The molecule has 0 bridgehead atoms. The molecule has 0 radical (unpaired) electrons. The molecule has 0 fully saturated rings. The van der Waals surface area contributed by atoms with Crippen LogP contribution in [0.15, 0.2) is 107 Å². The second-order valence-corrected chi connectivity index (χ2v) is 11.0. The van der Waals surface area contributed by atoms with E-state index in [2.05, 4.69) is 10.0 Å². The lowest BCUT2D eigenvalue weighted by atomic mass is 10.2. The van der Waals surface area contributed by atoms with Crippen LogP contribution < -0.4 is 10.0 Å². The van der Waals surface area contributed by atoms with Crippen molar-refractivity contribution in [3.8, 4) is 0 Å². The van der Waals surface area contributed by atoms with E-state index in [0.717, 1.165) is 16.2 Å². The Labute approximate surface area is 218 Å². The van der Waals surface area contributed by atoms with Crippen molar-refractivity contribution in [3.63, 3.8) is 0 Å². The molecule has 178 valence electrons. The van der Waals surface area contributed by atoms with Gasteiger partial charge in [-0.15, -0.1) is 11.8 Å². The van der Waals surface area contributed by atoms with Gasteiger partial charge < -0.3 is 5.32 Å². The van der Waals surface area contributed by atoms with Gasteiger partial charge in [-0.1, -0.05) is 65.7 Å². The van der Waals surface area contributed by atoms with Crippen molar-refractivity contribution < 1.29 is 13.2 Å². The summed E-state index contributed by atoms with van der Waals surface area (Å²) < 4.78 is 27.9. The summed E-state index contributed by atoms with van der Waals surface area (Å²) in [5, 5.41) is 3.43. The van der Waals surface area contributed by atoms with E-state index in [1.807, 2.05) is 48.5 Å². The van der Waals surface area contributed by atoms with Gasteiger partial charge in [0.05, 0.1) is 21.2 Å². The third-order valence-corrected chi connectivity index (χ3v) is 8.04. The van der Waals surface area contributed by atoms with Crippen LogP contribution in [0.5, 0.6) is 0 Å². The molecule has 0 aliphatic heterocycles. The molecule has 0 saturated heterocycles. The van der Waals surface area contributed by atoms with Gasteiger partial charge in [-0.05, 0) is 60.2 Å². The summed E-state index contributed by atoms with van der Waals surface area (Å²) in [6, 6.07) is 27.8. The molecule has 4 rings (SSSR count). The molecular weight excluding hydrogens is 523 g/mol. The number of nitrogens with one attached hydrogen (secondary N) is 2. The van der Waals surface area contributed by atoms with E-state index in [9.17, 15) is 13.2 Å². The molecule has 0 aliphatic carbocycles. The molecular formula is C26H20Cl2N2O3S2. The van der Waals surface area contributed by atoms with Crippen LogP contribution in [-0.4, -0.2) is 14.3 Å². The average Bonchev–Trinajstić information content (AvgIpc) is 2.85.